The molecule has 1 atom stereocenters. The molecule has 2 nitrogen and oxygen atoms in total. The zero-order valence-corrected chi connectivity index (χ0v) is 10.8. The first-order valence-corrected chi connectivity index (χ1v) is 6.81. The van der Waals surface area contributed by atoms with Crippen molar-refractivity contribution in [2.45, 2.75) is 51.2 Å². The third-order valence-corrected chi connectivity index (χ3v) is 3.62. The Morgan fingerprint density at radius 2 is 2.00 bits per heavy atom. The van der Waals surface area contributed by atoms with E-state index < -0.39 is 0 Å². The SMILES string of the molecule is CC(CCCN)N(Cc1ccccc1)C1CC1. The fourth-order valence-electron chi connectivity index (χ4n) is 2.42. The molecule has 17 heavy (non-hydrogen) atoms. The molecule has 1 aliphatic carbocycles. The van der Waals surface area contributed by atoms with E-state index in [1.165, 1.54) is 24.8 Å². The van der Waals surface area contributed by atoms with E-state index in [1.807, 2.05) is 0 Å². The summed E-state index contributed by atoms with van der Waals surface area (Å²) in [5, 5.41) is 0. The summed E-state index contributed by atoms with van der Waals surface area (Å²) in [5.41, 5.74) is 7.03. The molecule has 2 heteroatoms. The number of hydrogen-bond acceptors (Lipinski definition) is 2. The molecule has 2 N–H and O–H groups in total. The lowest BCUT2D eigenvalue weighted by atomic mass is 10.1. The number of benzene rings is 1. The first-order chi connectivity index (χ1) is 8.31. The van der Waals surface area contributed by atoms with Gasteiger partial charge < -0.3 is 5.73 Å². The highest BCUT2D eigenvalue weighted by Gasteiger charge is 2.31. The molecule has 0 aromatic heterocycles. The van der Waals surface area contributed by atoms with Gasteiger partial charge in [0.1, 0.15) is 0 Å². The van der Waals surface area contributed by atoms with Gasteiger partial charge in [0.15, 0.2) is 0 Å². The Kier molecular flexibility index (Phi) is 4.57. The summed E-state index contributed by atoms with van der Waals surface area (Å²) < 4.78 is 0. The normalized spacial score (nSPS) is 17.4. The van der Waals surface area contributed by atoms with Crippen LogP contribution in [0.4, 0.5) is 0 Å². The predicted molar refractivity (Wildman–Crippen MR) is 72.8 cm³/mol. The fraction of sp³-hybridized carbons (Fsp3) is 0.600. The van der Waals surface area contributed by atoms with Gasteiger partial charge in [0.2, 0.25) is 0 Å². The predicted octanol–water partition coefficient (Wildman–Crippen LogP) is 2.78. The van der Waals surface area contributed by atoms with Gasteiger partial charge in [-0.3, -0.25) is 4.90 Å². The lowest BCUT2D eigenvalue weighted by Gasteiger charge is -2.29. The summed E-state index contributed by atoms with van der Waals surface area (Å²) in [4.78, 5) is 2.66. The number of nitrogens with zero attached hydrogens (tertiary/aromatic N) is 1. The molecule has 0 bridgehead atoms. The van der Waals surface area contributed by atoms with Gasteiger partial charge in [-0.1, -0.05) is 30.3 Å². The summed E-state index contributed by atoms with van der Waals surface area (Å²) in [6, 6.07) is 12.3. The van der Waals surface area contributed by atoms with E-state index in [0.29, 0.717) is 6.04 Å². The van der Waals surface area contributed by atoms with Crippen molar-refractivity contribution in [3.8, 4) is 0 Å². The van der Waals surface area contributed by atoms with Crippen molar-refractivity contribution < 1.29 is 0 Å². The van der Waals surface area contributed by atoms with Crippen LogP contribution in [0.1, 0.15) is 38.2 Å². The van der Waals surface area contributed by atoms with Crippen LogP contribution in [0.2, 0.25) is 0 Å². The fourth-order valence-corrected chi connectivity index (χ4v) is 2.42. The van der Waals surface area contributed by atoms with Gasteiger partial charge in [-0.05, 0) is 44.7 Å². The van der Waals surface area contributed by atoms with Crippen LogP contribution >= 0.6 is 0 Å². The molecule has 0 aliphatic heterocycles. The van der Waals surface area contributed by atoms with Gasteiger partial charge in [-0.25, -0.2) is 0 Å². The Morgan fingerprint density at radius 3 is 2.59 bits per heavy atom. The first kappa shape index (κ1) is 12.6. The molecule has 1 unspecified atom stereocenters. The van der Waals surface area contributed by atoms with Crippen molar-refractivity contribution in [3.63, 3.8) is 0 Å². The van der Waals surface area contributed by atoms with Gasteiger partial charge in [0.25, 0.3) is 0 Å². The lowest BCUT2D eigenvalue weighted by molar-refractivity contribution is 0.179. The maximum atomic E-state index is 5.60. The van der Waals surface area contributed by atoms with Crippen LogP contribution in [0, 0.1) is 0 Å². The molecule has 94 valence electrons. The van der Waals surface area contributed by atoms with Crippen molar-refractivity contribution in [1.29, 1.82) is 0 Å². The lowest BCUT2D eigenvalue weighted by Crippen LogP contribution is -2.34. The van der Waals surface area contributed by atoms with Gasteiger partial charge in [-0.15, -0.1) is 0 Å². The molecule has 2 rings (SSSR count). The first-order valence-electron chi connectivity index (χ1n) is 6.81. The summed E-state index contributed by atoms with van der Waals surface area (Å²) in [6.07, 6.45) is 5.11. The van der Waals surface area contributed by atoms with Crippen LogP contribution in [0.25, 0.3) is 0 Å². The van der Waals surface area contributed by atoms with Crippen LogP contribution in [0.5, 0.6) is 0 Å². The van der Waals surface area contributed by atoms with Gasteiger partial charge in [0.05, 0.1) is 0 Å². The highest BCUT2D eigenvalue weighted by Crippen LogP contribution is 2.31. The van der Waals surface area contributed by atoms with Crippen LogP contribution in [0.3, 0.4) is 0 Å². The van der Waals surface area contributed by atoms with Crippen molar-refractivity contribution in [1.82, 2.24) is 4.90 Å². The molecule has 0 saturated heterocycles. The smallest absolute Gasteiger partial charge is 0.0239 e. The Morgan fingerprint density at radius 1 is 1.29 bits per heavy atom. The van der Waals surface area contributed by atoms with Gasteiger partial charge in [0, 0.05) is 18.6 Å². The average molecular weight is 232 g/mol. The van der Waals surface area contributed by atoms with E-state index in [2.05, 4.69) is 42.2 Å². The second-order valence-electron chi connectivity index (χ2n) is 5.17. The monoisotopic (exact) mass is 232 g/mol. The van der Waals surface area contributed by atoms with E-state index in [4.69, 9.17) is 5.73 Å². The molecule has 0 amide bonds. The molecule has 1 saturated carbocycles. The number of nitrogens with two attached hydrogens (primary N) is 1. The van der Waals surface area contributed by atoms with Crippen molar-refractivity contribution in [3.05, 3.63) is 35.9 Å². The van der Waals surface area contributed by atoms with Crippen LogP contribution in [-0.2, 0) is 6.54 Å². The van der Waals surface area contributed by atoms with E-state index in [-0.39, 0.29) is 0 Å². The minimum Gasteiger partial charge on any atom is -0.330 e. The molecule has 1 aromatic rings. The molecule has 1 aliphatic rings. The molecular formula is C15H24N2. The highest BCUT2D eigenvalue weighted by atomic mass is 15.2. The van der Waals surface area contributed by atoms with Crippen LogP contribution < -0.4 is 5.73 Å². The molecular weight excluding hydrogens is 208 g/mol. The molecule has 1 aromatic carbocycles. The van der Waals surface area contributed by atoms with E-state index in [9.17, 15) is 0 Å². The molecule has 0 heterocycles. The zero-order chi connectivity index (χ0) is 12.1. The second-order valence-corrected chi connectivity index (χ2v) is 5.17. The zero-order valence-electron chi connectivity index (χ0n) is 10.8. The van der Waals surface area contributed by atoms with Crippen molar-refractivity contribution in [2.24, 2.45) is 5.73 Å². The van der Waals surface area contributed by atoms with Crippen LogP contribution in [0.15, 0.2) is 30.3 Å². The quantitative estimate of drug-likeness (QED) is 0.783. The molecule has 1 fully saturated rings. The largest absolute Gasteiger partial charge is 0.330 e. The standard InChI is InChI=1S/C15H24N2/c1-13(6-5-11-16)17(15-9-10-15)12-14-7-3-2-4-8-14/h2-4,7-8,13,15H,5-6,9-12,16H2,1H3. The van der Waals surface area contributed by atoms with E-state index in [1.54, 1.807) is 0 Å². The number of hydrogen-bond donors (Lipinski definition) is 1. The summed E-state index contributed by atoms with van der Waals surface area (Å²) in [6.45, 7) is 4.25. The Balaban J connectivity index is 1.93. The Hall–Kier alpha value is -0.860. The Bertz CT molecular complexity index is 319. The maximum absolute atomic E-state index is 5.60. The second kappa shape index (κ2) is 6.18. The van der Waals surface area contributed by atoms with E-state index >= 15 is 0 Å². The van der Waals surface area contributed by atoms with Gasteiger partial charge in [-0.2, -0.15) is 0 Å². The third-order valence-electron chi connectivity index (χ3n) is 3.62. The molecule has 0 radical (unpaired) electrons. The molecule has 0 spiro atoms. The highest BCUT2D eigenvalue weighted by molar-refractivity contribution is 5.15. The summed E-state index contributed by atoms with van der Waals surface area (Å²) in [5.74, 6) is 0. The number of rotatable bonds is 7. The Labute approximate surface area is 105 Å². The van der Waals surface area contributed by atoms with E-state index in [0.717, 1.165) is 25.6 Å². The van der Waals surface area contributed by atoms with Crippen LogP contribution in [-0.4, -0.2) is 23.5 Å². The van der Waals surface area contributed by atoms with Crippen molar-refractivity contribution in [2.75, 3.05) is 6.54 Å². The minimum absolute atomic E-state index is 0.659. The maximum Gasteiger partial charge on any atom is 0.0239 e. The topological polar surface area (TPSA) is 29.3 Å². The summed E-state index contributed by atoms with van der Waals surface area (Å²) >= 11 is 0. The minimum atomic E-state index is 0.659. The summed E-state index contributed by atoms with van der Waals surface area (Å²) in [7, 11) is 0. The van der Waals surface area contributed by atoms with Gasteiger partial charge >= 0.3 is 0 Å². The third kappa shape index (κ3) is 3.83. The van der Waals surface area contributed by atoms with Crippen molar-refractivity contribution >= 4 is 0 Å². The average Bonchev–Trinajstić information content (AvgIpc) is 3.18.